The molecule has 0 fully saturated rings. The van der Waals surface area contributed by atoms with Crippen LogP contribution >= 0.6 is 46.6 Å². The van der Waals surface area contributed by atoms with Crippen molar-refractivity contribution in [3.8, 4) is 5.75 Å². The van der Waals surface area contributed by atoms with E-state index in [1.165, 1.54) is 6.07 Å². The summed E-state index contributed by atoms with van der Waals surface area (Å²) in [6, 6.07) is 18.7. The number of nitrogens with zero attached hydrogens (tertiary/aromatic N) is 1. The van der Waals surface area contributed by atoms with Crippen LogP contribution in [0.15, 0.2) is 88.0 Å². The lowest BCUT2D eigenvalue weighted by Gasteiger charge is -2.11. The Morgan fingerprint density at radius 1 is 1.00 bits per heavy atom. The maximum Gasteiger partial charge on any atom is 0.344 e. The van der Waals surface area contributed by atoms with E-state index >= 15 is 0 Å². The monoisotopic (exact) mass is 587 g/mol. The van der Waals surface area contributed by atoms with Crippen LogP contribution in [0, 0.1) is 0 Å². The van der Waals surface area contributed by atoms with Crippen molar-refractivity contribution >= 4 is 69.6 Å². The number of amides is 1. The van der Waals surface area contributed by atoms with E-state index in [0.717, 1.165) is 17.3 Å². The van der Waals surface area contributed by atoms with Crippen molar-refractivity contribution in [1.82, 2.24) is 0 Å². The summed E-state index contributed by atoms with van der Waals surface area (Å²) in [5, 5.41) is 12.2. The zero-order chi connectivity index (χ0) is 27.2. The van der Waals surface area contributed by atoms with Gasteiger partial charge in [-0.25, -0.2) is 9.79 Å². The van der Waals surface area contributed by atoms with Crippen LogP contribution < -0.4 is 4.74 Å². The average molecular weight is 589 g/mol. The minimum Gasteiger partial charge on any atom is -0.506 e. The smallest absolute Gasteiger partial charge is 0.344 e. The molecule has 0 aromatic heterocycles. The first kappa shape index (κ1) is 27.8. The number of carbonyl (C=O) groups excluding carboxylic acids is 2. The summed E-state index contributed by atoms with van der Waals surface area (Å²) < 4.78 is 11.1. The van der Waals surface area contributed by atoms with Crippen molar-refractivity contribution in [3.63, 3.8) is 0 Å². The molecule has 194 valence electrons. The predicted octanol–water partition coefficient (Wildman–Crippen LogP) is 7.93. The summed E-state index contributed by atoms with van der Waals surface area (Å²) in [6.45, 7) is 1.90. The summed E-state index contributed by atoms with van der Waals surface area (Å²) in [7, 11) is 0. The van der Waals surface area contributed by atoms with Crippen molar-refractivity contribution in [2.75, 3.05) is 6.61 Å². The molecule has 0 unspecified atom stereocenters. The van der Waals surface area contributed by atoms with Gasteiger partial charge in [0.25, 0.3) is 5.91 Å². The molecule has 1 heterocycles. The topological polar surface area (TPSA) is 85.2 Å². The van der Waals surface area contributed by atoms with Gasteiger partial charge in [0.05, 0.1) is 22.1 Å². The second kappa shape index (κ2) is 12.5. The lowest BCUT2D eigenvalue weighted by Crippen LogP contribution is -2.14. The number of aliphatic hydroxyl groups excluding tert-OH is 1. The summed E-state index contributed by atoms with van der Waals surface area (Å²) in [5.74, 6) is -1.30. The molecular weight excluding hydrogens is 569 g/mol. The minimum absolute atomic E-state index is 0.00321. The molecule has 10 heteroatoms. The molecule has 1 N–H and O–H groups in total. The third-order valence-electron chi connectivity index (χ3n) is 5.28. The number of aliphatic imine (C=N–C) groups is 1. The SMILES string of the molecule is CCOC(=O)C1=C(O)/C(=C/c2ccccc2OCc2ccc(Cl)cc2Cl)SC1=NC(=O)c1ccccc1Cl. The minimum atomic E-state index is -0.798. The van der Waals surface area contributed by atoms with Crippen molar-refractivity contribution in [2.24, 2.45) is 4.99 Å². The number of hydrogen-bond donors (Lipinski definition) is 1. The molecule has 0 saturated heterocycles. The number of halogens is 3. The maximum absolute atomic E-state index is 12.8. The molecule has 0 spiro atoms. The predicted molar refractivity (Wildman–Crippen MR) is 152 cm³/mol. The molecular formula is C28H20Cl3NO5S. The van der Waals surface area contributed by atoms with E-state index in [1.807, 2.05) is 0 Å². The second-order valence-electron chi connectivity index (χ2n) is 7.82. The number of ether oxygens (including phenoxy) is 2. The van der Waals surface area contributed by atoms with Gasteiger partial charge in [-0.15, -0.1) is 0 Å². The Labute approximate surface area is 238 Å². The third-order valence-corrected chi connectivity index (χ3v) is 7.22. The fraction of sp³-hybridized carbons (Fsp3) is 0.107. The van der Waals surface area contributed by atoms with Gasteiger partial charge in [0.1, 0.15) is 28.7 Å². The van der Waals surface area contributed by atoms with Gasteiger partial charge in [0, 0.05) is 21.2 Å². The largest absolute Gasteiger partial charge is 0.506 e. The third kappa shape index (κ3) is 6.42. The number of thioether (sulfide) groups is 1. The highest BCUT2D eigenvalue weighted by Crippen LogP contribution is 2.40. The Balaban J connectivity index is 1.67. The fourth-order valence-electron chi connectivity index (χ4n) is 3.45. The van der Waals surface area contributed by atoms with Crippen LogP contribution in [0.4, 0.5) is 0 Å². The summed E-state index contributed by atoms with van der Waals surface area (Å²) in [4.78, 5) is 29.9. The van der Waals surface area contributed by atoms with E-state index in [-0.39, 0.29) is 40.2 Å². The quantitative estimate of drug-likeness (QED) is 0.282. The van der Waals surface area contributed by atoms with Crippen LogP contribution in [0.2, 0.25) is 15.1 Å². The second-order valence-corrected chi connectivity index (χ2v) is 10.1. The van der Waals surface area contributed by atoms with Crippen molar-refractivity contribution < 1.29 is 24.2 Å². The van der Waals surface area contributed by atoms with Gasteiger partial charge >= 0.3 is 5.97 Å². The first-order valence-electron chi connectivity index (χ1n) is 11.3. The van der Waals surface area contributed by atoms with E-state index in [1.54, 1.807) is 73.7 Å². The average Bonchev–Trinajstić information content (AvgIpc) is 3.18. The number of para-hydroxylation sites is 1. The number of aliphatic hydroxyl groups is 1. The van der Waals surface area contributed by atoms with Crippen LogP contribution in [0.25, 0.3) is 6.08 Å². The first-order valence-corrected chi connectivity index (χ1v) is 13.3. The van der Waals surface area contributed by atoms with E-state index in [2.05, 4.69) is 4.99 Å². The molecule has 3 aromatic carbocycles. The Kier molecular flexibility index (Phi) is 9.17. The molecule has 6 nitrogen and oxygen atoms in total. The van der Waals surface area contributed by atoms with Crippen LogP contribution in [0.3, 0.4) is 0 Å². The maximum atomic E-state index is 12.8. The number of rotatable bonds is 7. The molecule has 1 aliphatic heterocycles. The molecule has 0 radical (unpaired) electrons. The molecule has 0 atom stereocenters. The van der Waals surface area contributed by atoms with Crippen LogP contribution in [0.5, 0.6) is 5.75 Å². The lowest BCUT2D eigenvalue weighted by atomic mass is 10.1. The molecule has 4 rings (SSSR count). The Morgan fingerprint density at radius 3 is 2.47 bits per heavy atom. The van der Waals surface area contributed by atoms with Gasteiger partial charge in [0.15, 0.2) is 0 Å². The number of carbonyl (C=O) groups is 2. The van der Waals surface area contributed by atoms with E-state index in [0.29, 0.717) is 26.3 Å². The van der Waals surface area contributed by atoms with Gasteiger partial charge in [-0.05, 0) is 43.3 Å². The summed E-state index contributed by atoms with van der Waals surface area (Å²) in [5.41, 5.74) is 1.33. The zero-order valence-corrected chi connectivity index (χ0v) is 23.0. The Hall–Kier alpha value is -3.23. The van der Waals surface area contributed by atoms with Crippen molar-refractivity contribution in [1.29, 1.82) is 0 Å². The van der Waals surface area contributed by atoms with Gasteiger partial charge in [-0.2, -0.15) is 0 Å². The molecule has 1 aliphatic rings. The molecule has 1 amide bonds. The van der Waals surface area contributed by atoms with Crippen LogP contribution in [0.1, 0.15) is 28.4 Å². The van der Waals surface area contributed by atoms with Crippen LogP contribution in [-0.4, -0.2) is 28.6 Å². The van der Waals surface area contributed by atoms with Crippen molar-refractivity contribution in [2.45, 2.75) is 13.5 Å². The number of hydrogen-bond acceptors (Lipinski definition) is 6. The van der Waals surface area contributed by atoms with Gasteiger partial charge in [-0.1, -0.05) is 83.0 Å². The first-order chi connectivity index (χ1) is 18.3. The highest BCUT2D eigenvalue weighted by atomic mass is 35.5. The van der Waals surface area contributed by atoms with Gasteiger partial charge in [0.2, 0.25) is 0 Å². The van der Waals surface area contributed by atoms with Crippen LogP contribution in [-0.2, 0) is 16.1 Å². The number of esters is 1. The summed E-state index contributed by atoms with van der Waals surface area (Å²) in [6.07, 6.45) is 1.64. The molecule has 0 aliphatic carbocycles. The number of benzene rings is 3. The highest BCUT2D eigenvalue weighted by Gasteiger charge is 2.34. The van der Waals surface area contributed by atoms with Crippen molar-refractivity contribution in [3.05, 3.63) is 115 Å². The molecule has 3 aromatic rings. The summed E-state index contributed by atoms with van der Waals surface area (Å²) >= 11 is 19.3. The van der Waals surface area contributed by atoms with Gasteiger partial charge in [-0.3, -0.25) is 4.79 Å². The molecule has 0 bridgehead atoms. The van der Waals surface area contributed by atoms with E-state index in [9.17, 15) is 14.7 Å². The Bertz CT molecular complexity index is 1500. The molecule has 0 saturated carbocycles. The fourth-order valence-corrected chi connectivity index (χ4v) is 5.13. The standard InChI is InChI=1S/C28H20Cl3NO5S/c1-2-36-28(35)24-25(33)23(38-27(24)32-26(34)19-8-4-5-9-20(19)30)13-16-7-3-6-10-22(16)37-15-17-11-12-18(29)14-21(17)31/h3-14,33H,2,15H2,1H3/b23-13-,32-27?. The lowest BCUT2D eigenvalue weighted by molar-refractivity contribution is -0.138. The zero-order valence-electron chi connectivity index (χ0n) is 19.9. The highest BCUT2D eigenvalue weighted by molar-refractivity contribution is 8.18. The Morgan fingerprint density at radius 2 is 1.74 bits per heavy atom. The molecule has 38 heavy (non-hydrogen) atoms. The van der Waals surface area contributed by atoms with E-state index in [4.69, 9.17) is 44.3 Å². The normalized spacial score (nSPS) is 15.3. The van der Waals surface area contributed by atoms with Gasteiger partial charge < -0.3 is 14.6 Å². The van der Waals surface area contributed by atoms with E-state index < -0.39 is 11.9 Å².